The Kier molecular flexibility index (Phi) is 5.45. The molecule has 0 aromatic heterocycles. The number of rotatable bonds is 4. The summed E-state index contributed by atoms with van der Waals surface area (Å²) in [7, 11) is 0. The highest BCUT2D eigenvalue weighted by atomic mass is 16.3. The fourth-order valence-electron chi connectivity index (χ4n) is 3.22. The second kappa shape index (κ2) is 7.09. The molecule has 2 rings (SSSR count). The van der Waals surface area contributed by atoms with Gasteiger partial charge in [-0.15, -0.1) is 0 Å². The molecule has 0 saturated heterocycles. The Labute approximate surface area is 118 Å². The van der Waals surface area contributed by atoms with Gasteiger partial charge in [0.05, 0.1) is 6.10 Å². The van der Waals surface area contributed by atoms with Gasteiger partial charge in [-0.1, -0.05) is 63.8 Å². The number of aliphatic hydroxyl groups excluding tert-OH is 1. The van der Waals surface area contributed by atoms with E-state index in [9.17, 15) is 5.11 Å². The van der Waals surface area contributed by atoms with Crippen LogP contribution < -0.4 is 0 Å². The summed E-state index contributed by atoms with van der Waals surface area (Å²) < 4.78 is 0. The van der Waals surface area contributed by atoms with Gasteiger partial charge in [-0.05, 0) is 42.2 Å². The van der Waals surface area contributed by atoms with E-state index >= 15 is 0 Å². The van der Waals surface area contributed by atoms with E-state index in [4.69, 9.17) is 0 Å². The molecule has 106 valence electrons. The van der Waals surface area contributed by atoms with Gasteiger partial charge in [0.25, 0.3) is 0 Å². The molecule has 1 fully saturated rings. The normalized spacial score (nSPS) is 19.4. The third-order valence-electron chi connectivity index (χ3n) is 4.31. The van der Waals surface area contributed by atoms with Crippen LogP contribution in [-0.4, -0.2) is 5.11 Å². The first-order valence-electron chi connectivity index (χ1n) is 7.93. The molecule has 0 amide bonds. The highest BCUT2D eigenvalue weighted by molar-refractivity contribution is 5.25. The van der Waals surface area contributed by atoms with Gasteiger partial charge < -0.3 is 5.11 Å². The first-order valence-corrected chi connectivity index (χ1v) is 7.93. The second-order valence-corrected chi connectivity index (χ2v) is 6.54. The molecule has 1 N–H and O–H groups in total. The summed E-state index contributed by atoms with van der Waals surface area (Å²) in [6, 6.07) is 8.64. The van der Waals surface area contributed by atoms with Crippen molar-refractivity contribution in [2.75, 3.05) is 0 Å². The molecule has 1 heteroatoms. The third kappa shape index (κ3) is 4.35. The number of hydrogen-bond acceptors (Lipinski definition) is 1. The van der Waals surface area contributed by atoms with Crippen LogP contribution >= 0.6 is 0 Å². The summed E-state index contributed by atoms with van der Waals surface area (Å²) >= 11 is 0. The molecule has 0 heterocycles. The Hall–Kier alpha value is -0.820. The van der Waals surface area contributed by atoms with Gasteiger partial charge in [-0.2, -0.15) is 0 Å². The summed E-state index contributed by atoms with van der Waals surface area (Å²) in [4.78, 5) is 0. The Morgan fingerprint density at radius 3 is 2.11 bits per heavy atom. The first kappa shape index (κ1) is 14.6. The fraction of sp³-hybridized carbons (Fsp3) is 0.667. The zero-order valence-corrected chi connectivity index (χ0v) is 12.4. The topological polar surface area (TPSA) is 20.2 Å². The van der Waals surface area contributed by atoms with Crippen molar-refractivity contribution in [3.63, 3.8) is 0 Å². The molecule has 1 aliphatic carbocycles. The van der Waals surface area contributed by atoms with E-state index in [1.54, 1.807) is 0 Å². The summed E-state index contributed by atoms with van der Waals surface area (Å²) in [6.07, 6.45) is 8.50. The van der Waals surface area contributed by atoms with Gasteiger partial charge in [-0.25, -0.2) is 0 Å². The van der Waals surface area contributed by atoms with Crippen LogP contribution in [0.2, 0.25) is 0 Å². The van der Waals surface area contributed by atoms with E-state index in [0.29, 0.717) is 11.8 Å². The van der Waals surface area contributed by atoms with Crippen LogP contribution in [0.5, 0.6) is 0 Å². The van der Waals surface area contributed by atoms with E-state index in [1.165, 1.54) is 44.1 Å². The van der Waals surface area contributed by atoms with Crippen LogP contribution in [0.1, 0.15) is 69.6 Å². The third-order valence-corrected chi connectivity index (χ3v) is 4.31. The molecule has 0 aliphatic heterocycles. The fourth-order valence-corrected chi connectivity index (χ4v) is 3.22. The zero-order valence-electron chi connectivity index (χ0n) is 12.4. The van der Waals surface area contributed by atoms with Gasteiger partial charge in [0.15, 0.2) is 0 Å². The minimum atomic E-state index is -0.258. The van der Waals surface area contributed by atoms with E-state index in [2.05, 4.69) is 38.1 Å². The molecule has 1 aliphatic rings. The van der Waals surface area contributed by atoms with Gasteiger partial charge in [0.2, 0.25) is 0 Å². The van der Waals surface area contributed by atoms with Crippen LogP contribution in [-0.2, 0) is 6.42 Å². The number of aliphatic hydroxyl groups is 1. The van der Waals surface area contributed by atoms with E-state index < -0.39 is 0 Å². The smallest absolute Gasteiger partial charge is 0.0818 e. The van der Waals surface area contributed by atoms with E-state index in [1.807, 2.05) is 0 Å². The highest BCUT2D eigenvalue weighted by Crippen LogP contribution is 2.33. The van der Waals surface area contributed by atoms with Crippen molar-refractivity contribution in [3.8, 4) is 0 Å². The minimum absolute atomic E-state index is 0.258. The highest BCUT2D eigenvalue weighted by Gasteiger charge is 2.21. The van der Waals surface area contributed by atoms with Gasteiger partial charge in [0, 0.05) is 0 Å². The lowest BCUT2D eigenvalue weighted by Gasteiger charge is -2.22. The van der Waals surface area contributed by atoms with Crippen molar-refractivity contribution >= 4 is 0 Å². The van der Waals surface area contributed by atoms with Crippen molar-refractivity contribution in [2.45, 2.75) is 64.9 Å². The molecule has 0 spiro atoms. The SMILES string of the molecule is CC(C)Cc1ccc(C(O)C2CCCCCC2)cc1. The molecule has 1 aromatic carbocycles. The van der Waals surface area contributed by atoms with Gasteiger partial charge in [-0.3, -0.25) is 0 Å². The largest absolute Gasteiger partial charge is 0.388 e. The molecule has 1 unspecified atom stereocenters. The summed E-state index contributed by atoms with van der Waals surface area (Å²) in [6.45, 7) is 4.49. The van der Waals surface area contributed by atoms with Crippen molar-refractivity contribution in [1.29, 1.82) is 0 Å². The van der Waals surface area contributed by atoms with Crippen LogP contribution in [0, 0.1) is 11.8 Å². The Morgan fingerprint density at radius 2 is 1.58 bits per heavy atom. The molecule has 1 aromatic rings. The lowest BCUT2D eigenvalue weighted by molar-refractivity contribution is 0.0988. The molecular formula is C18H28O. The molecule has 0 radical (unpaired) electrons. The Morgan fingerprint density at radius 1 is 1.00 bits per heavy atom. The van der Waals surface area contributed by atoms with Crippen LogP contribution in [0.4, 0.5) is 0 Å². The monoisotopic (exact) mass is 260 g/mol. The summed E-state index contributed by atoms with van der Waals surface area (Å²) in [5, 5.41) is 10.5. The number of hydrogen-bond donors (Lipinski definition) is 1. The van der Waals surface area contributed by atoms with Crippen molar-refractivity contribution in [2.24, 2.45) is 11.8 Å². The Bertz CT molecular complexity index is 358. The first-order chi connectivity index (χ1) is 9.16. The predicted octanol–water partition coefficient (Wildman–Crippen LogP) is 4.89. The average molecular weight is 260 g/mol. The van der Waals surface area contributed by atoms with Crippen molar-refractivity contribution in [1.82, 2.24) is 0 Å². The second-order valence-electron chi connectivity index (χ2n) is 6.54. The lowest BCUT2D eigenvalue weighted by Crippen LogP contribution is -2.12. The molecule has 19 heavy (non-hydrogen) atoms. The maximum absolute atomic E-state index is 10.5. The van der Waals surface area contributed by atoms with Crippen molar-refractivity contribution < 1.29 is 5.11 Å². The molecule has 1 nitrogen and oxygen atoms in total. The standard InChI is InChI=1S/C18H28O/c1-14(2)13-15-9-11-17(12-10-15)18(19)16-7-5-3-4-6-8-16/h9-12,14,16,18-19H,3-8,13H2,1-2H3. The molecule has 0 bridgehead atoms. The van der Waals surface area contributed by atoms with Crippen LogP contribution in [0.3, 0.4) is 0 Å². The van der Waals surface area contributed by atoms with E-state index in [-0.39, 0.29) is 6.10 Å². The zero-order chi connectivity index (χ0) is 13.7. The molecule has 1 atom stereocenters. The Balaban J connectivity index is 1.99. The molecular weight excluding hydrogens is 232 g/mol. The quantitative estimate of drug-likeness (QED) is 0.764. The number of benzene rings is 1. The summed E-state index contributed by atoms with van der Waals surface area (Å²) in [5.74, 6) is 1.16. The van der Waals surface area contributed by atoms with Gasteiger partial charge >= 0.3 is 0 Å². The minimum Gasteiger partial charge on any atom is -0.388 e. The van der Waals surface area contributed by atoms with Crippen LogP contribution in [0.25, 0.3) is 0 Å². The maximum atomic E-state index is 10.5. The average Bonchev–Trinajstić information content (AvgIpc) is 2.67. The maximum Gasteiger partial charge on any atom is 0.0818 e. The van der Waals surface area contributed by atoms with Gasteiger partial charge in [0.1, 0.15) is 0 Å². The lowest BCUT2D eigenvalue weighted by atomic mass is 9.89. The summed E-state index contributed by atoms with van der Waals surface area (Å²) in [5.41, 5.74) is 2.49. The predicted molar refractivity (Wildman–Crippen MR) is 81.1 cm³/mol. The molecule has 1 saturated carbocycles. The van der Waals surface area contributed by atoms with E-state index in [0.717, 1.165) is 12.0 Å². The van der Waals surface area contributed by atoms with Crippen molar-refractivity contribution in [3.05, 3.63) is 35.4 Å². The van der Waals surface area contributed by atoms with Crippen LogP contribution in [0.15, 0.2) is 24.3 Å².